The van der Waals surface area contributed by atoms with E-state index in [9.17, 15) is 0 Å². The fourth-order valence-corrected chi connectivity index (χ4v) is 4.55. The van der Waals surface area contributed by atoms with E-state index >= 15 is 0 Å². The minimum absolute atomic E-state index is 0.227. The fraction of sp³-hybridized carbons (Fsp3) is 0.696. The Balaban J connectivity index is 1.63. The van der Waals surface area contributed by atoms with Gasteiger partial charge in [0.1, 0.15) is 6.10 Å². The lowest BCUT2D eigenvalue weighted by molar-refractivity contribution is 0.111. The number of rotatable bonds is 7. The van der Waals surface area contributed by atoms with E-state index in [0.717, 1.165) is 62.2 Å². The number of pyridine rings is 1. The van der Waals surface area contributed by atoms with Crippen molar-refractivity contribution in [2.24, 2.45) is 0 Å². The third-order valence-electron chi connectivity index (χ3n) is 6.42. The molecule has 6 heteroatoms. The van der Waals surface area contributed by atoms with Crippen molar-refractivity contribution in [1.29, 1.82) is 0 Å². The molecule has 2 aliphatic rings. The van der Waals surface area contributed by atoms with Gasteiger partial charge in [-0.1, -0.05) is 32.6 Å². The van der Waals surface area contributed by atoms with Gasteiger partial charge in [-0.3, -0.25) is 0 Å². The SMILES string of the molecule is CCCCNc1ncc2c(OC3CCN(C)CC3)ncc(C3CCCCC3)c2n1. The molecular formula is C23H35N5O. The predicted molar refractivity (Wildman–Crippen MR) is 118 cm³/mol. The van der Waals surface area contributed by atoms with Crippen molar-refractivity contribution in [2.45, 2.75) is 76.7 Å². The molecule has 0 spiro atoms. The Kier molecular flexibility index (Phi) is 6.80. The highest BCUT2D eigenvalue weighted by atomic mass is 16.5. The van der Waals surface area contributed by atoms with Crippen molar-refractivity contribution in [3.8, 4) is 5.88 Å². The van der Waals surface area contributed by atoms with Crippen LogP contribution in [0.3, 0.4) is 0 Å². The number of aromatic nitrogens is 3. The van der Waals surface area contributed by atoms with Gasteiger partial charge in [-0.15, -0.1) is 0 Å². The molecule has 0 aromatic carbocycles. The maximum absolute atomic E-state index is 6.36. The summed E-state index contributed by atoms with van der Waals surface area (Å²) in [5.74, 6) is 1.98. The summed E-state index contributed by atoms with van der Waals surface area (Å²) >= 11 is 0. The van der Waals surface area contributed by atoms with Crippen molar-refractivity contribution in [3.05, 3.63) is 18.0 Å². The van der Waals surface area contributed by atoms with Crippen LogP contribution in [0.4, 0.5) is 5.95 Å². The maximum atomic E-state index is 6.36. The second kappa shape index (κ2) is 9.70. The van der Waals surface area contributed by atoms with Crippen LogP contribution < -0.4 is 10.1 Å². The summed E-state index contributed by atoms with van der Waals surface area (Å²) in [4.78, 5) is 16.6. The van der Waals surface area contributed by atoms with Crippen molar-refractivity contribution in [3.63, 3.8) is 0 Å². The van der Waals surface area contributed by atoms with Crippen molar-refractivity contribution >= 4 is 16.9 Å². The predicted octanol–water partition coefficient (Wildman–Crippen LogP) is 4.76. The molecule has 158 valence electrons. The first-order chi connectivity index (χ1) is 14.2. The summed E-state index contributed by atoms with van der Waals surface area (Å²) in [5, 5.41) is 4.35. The van der Waals surface area contributed by atoms with Gasteiger partial charge < -0.3 is 15.0 Å². The average molecular weight is 398 g/mol. The highest BCUT2D eigenvalue weighted by molar-refractivity contribution is 5.86. The molecule has 0 atom stereocenters. The van der Waals surface area contributed by atoms with Gasteiger partial charge in [0.05, 0.1) is 10.9 Å². The molecule has 2 aromatic heterocycles. The maximum Gasteiger partial charge on any atom is 0.224 e. The Labute approximate surface area is 174 Å². The zero-order valence-corrected chi connectivity index (χ0v) is 18.0. The molecule has 29 heavy (non-hydrogen) atoms. The molecule has 0 radical (unpaired) electrons. The van der Waals surface area contributed by atoms with E-state index in [0.29, 0.717) is 11.8 Å². The summed E-state index contributed by atoms with van der Waals surface area (Å²) in [6, 6.07) is 0. The summed E-state index contributed by atoms with van der Waals surface area (Å²) in [5.41, 5.74) is 2.31. The molecule has 0 amide bonds. The number of hydrogen-bond donors (Lipinski definition) is 1. The Morgan fingerprint density at radius 2 is 1.86 bits per heavy atom. The molecule has 1 N–H and O–H groups in total. The standard InChI is InChI=1S/C23H35N5O/c1-3-4-12-24-23-26-16-20-21(27-23)19(17-8-6-5-7-9-17)15-25-22(20)29-18-10-13-28(2)14-11-18/h15-18H,3-14H2,1-2H3,(H,24,26,27). The Morgan fingerprint density at radius 3 is 2.62 bits per heavy atom. The number of nitrogens with one attached hydrogen (secondary N) is 1. The number of unbranched alkanes of at least 4 members (excludes halogenated alkanes) is 1. The number of fused-ring (bicyclic) bond motifs is 1. The van der Waals surface area contributed by atoms with Crippen LogP contribution in [0.1, 0.15) is 76.2 Å². The van der Waals surface area contributed by atoms with Crippen LogP contribution in [-0.2, 0) is 0 Å². The average Bonchev–Trinajstić information content (AvgIpc) is 2.76. The second-order valence-corrected chi connectivity index (χ2v) is 8.71. The van der Waals surface area contributed by atoms with E-state index in [1.54, 1.807) is 0 Å². The normalized spacial score (nSPS) is 19.5. The number of ether oxygens (including phenoxy) is 1. The largest absolute Gasteiger partial charge is 0.474 e. The molecule has 4 rings (SSSR count). The lowest BCUT2D eigenvalue weighted by atomic mass is 9.84. The van der Waals surface area contributed by atoms with E-state index in [4.69, 9.17) is 14.7 Å². The number of nitrogens with zero attached hydrogens (tertiary/aromatic N) is 4. The van der Waals surface area contributed by atoms with E-state index in [-0.39, 0.29) is 6.10 Å². The van der Waals surface area contributed by atoms with Crippen LogP contribution in [0.5, 0.6) is 5.88 Å². The third kappa shape index (κ3) is 4.97. The Bertz CT molecular complexity index is 797. The number of hydrogen-bond acceptors (Lipinski definition) is 6. The first-order valence-corrected chi connectivity index (χ1v) is 11.5. The summed E-state index contributed by atoms with van der Waals surface area (Å²) < 4.78 is 6.36. The van der Waals surface area contributed by atoms with Gasteiger partial charge in [0.2, 0.25) is 11.8 Å². The van der Waals surface area contributed by atoms with Gasteiger partial charge in [-0.2, -0.15) is 0 Å². The second-order valence-electron chi connectivity index (χ2n) is 8.71. The van der Waals surface area contributed by atoms with Crippen LogP contribution >= 0.6 is 0 Å². The highest BCUT2D eigenvalue weighted by Crippen LogP contribution is 2.37. The lowest BCUT2D eigenvalue weighted by Crippen LogP contribution is -2.35. The van der Waals surface area contributed by atoms with E-state index in [1.807, 2.05) is 12.4 Å². The Morgan fingerprint density at radius 1 is 1.07 bits per heavy atom. The van der Waals surface area contributed by atoms with Crippen molar-refractivity contribution in [1.82, 2.24) is 19.9 Å². The molecule has 0 bridgehead atoms. The molecule has 1 aliphatic heterocycles. The zero-order chi connectivity index (χ0) is 20.1. The van der Waals surface area contributed by atoms with Gasteiger partial charge in [0.25, 0.3) is 0 Å². The van der Waals surface area contributed by atoms with Crippen LogP contribution in [0.25, 0.3) is 10.9 Å². The lowest BCUT2D eigenvalue weighted by Gasteiger charge is -2.29. The smallest absolute Gasteiger partial charge is 0.224 e. The van der Waals surface area contributed by atoms with Crippen molar-refractivity contribution < 1.29 is 4.74 Å². The van der Waals surface area contributed by atoms with Crippen LogP contribution in [-0.4, -0.2) is 52.6 Å². The molecule has 1 saturated heterocycles. The molecule has 1 saturated carbocycles. The molecule has 3 heterocycles. The number of anilines is 1. The topological polar surface area (TPSA) is 63.2 Å². The highest BCUT2D eigenvalue weighted by Gasteiger charge is 2.24. The van der Waals surface area contributed by atoms with Gasteiger partial charge in [0, 0.05) is 37.6 Å². The van der Waals surface area contributed by atoms with E-state index in [2.05, 4.69) is 29.2 Å². The van der Waals surface area contributed by atoms with Crippen LogP contribution in [0, 0.1) is 0 Å². The minimum Gasteiger partial charge on any atom is -0.474 e. The van der Waals surface area contributed by atoms with Crippen LogP contribution in [0.2, 0.25) is 0 Å². The Hall–Kier alpha value is -1.95. The summed E-state index contributed by atoms with van der Waals surface area (Å²) in [6.45, 7) is 5.25. The molecule has 6 nitrogen and oxygen atoms in total. The first kappa shape index (κ1) is 20.3. The summed E-state index contributed by atoms with van der Waals surface area (Å²) in [7, 11) is 2.17. The molecule has 2 aromatic rings. The van der Waals surface area contributed by atoms with Gasteiger partial charge in [-0.25, -0.2) is 15.0 Å². The van der Waals surface area contributed by atoms with E-state index < -0.39 is 0 Å². The fourth-order valence-electron chi connectivity index (χ4n) is 4.55. The van der Waals surface area contributed by atoms with Gasteiger partial charge in [0.15, 0.2) is 0 Å². The quantitative estimate of drug-likeness (QED) is 0.680. The molecule has 1 aliphatic carbocycles. The number of likely N-dealkylation sites (tertiary alicyclic amines) is 1. The molecule has 2 fully saturated rings. The summed E-state index contributed by atoms with van der Waals surface area (Å²) in [6.07, 6.45) is 14.9. The third-order valence-corrected chi connectivity index (χ3v) is 6.42. The van der Waals surface area contributed by atoms with E-state index in [1.165, 1.54) is 37.7 Å². The van der Waals surface area contributed by atoms with Gasteiger partial charge >= 0.3 is 0 Å². The molecule has 0 unspecified atom stereocenters. The van der Waals surface area contributed by atoms with Gasteiger partial charge in [-0.05, 0) is 45.1 Å². The number of piperidine rings is 1. The molecular weight excluding hydrogens is 362 g/mol. The monoisotopic (exact) mass is 397 g/mol. The minimum atomic E-state index is 0.227. The van der Waals surface area contributed by atoms with Crippen molar-refractivity contribution in [2.75, 3.05) is 32.0 Å². The first-order valence-electron chi connectivity index (χ1n) is 11.5. The zero-order valence-electron chi connectivity index (χ0n) is 18.0. The van der Waals surface area contributed by atoms with Crippen LogP contribution in [0.15, 0.2) is 12.4 Å².